The third-order valence-electron chi connectivity index (χ3n) is 4.25. The molecule has 0 fully saturated rings. The summed E-state index contributed by atoms with van der Waals surface area (Å²) in [5, 5.41) is 0. The van der Waals surface area contributed by atoms with E-state index in [1.54, 1.807) is 28.8 Å². The van der Waals surface area contributed by atoms with Crippen molar-refractivity contribution in [3.8, 4) is 0 Å². The van der Waals surface area contributed by atoms with Crippen molar-refractivity contribution in [1.82, 2.24) is 0 Å². The van der Waals surface area contributed by atoms with E-state index in [9.17, 15) is 0 Å². The van der Waals surface area contributed by atoms with Gasteiger partial charge in [0.2, 0.25) is 0 Å². The zero-order valence-corrected chi connectivity index (χ0v) is 13.7. The van der Waals surface area contributed by atoms with Crippen molar-refractivity contribution in [3.05, 3.63) is 56.4 Å². The maximum absolute atomic E-state index is 2.37. The summed E-state index contributed by atoms with van der Waals surface area (Å²) < 4.78 is 3.38. The van der Waals surface area contributed by atoms with E-state index < -0.39 is 23.2 Å². The first-order valence-corrected chi connectivity index (χ1v) is 9.07. The predicted octanol–water partition coefficient (Wildman–Crippen LogP) is 4.15. The number of hydrogen-bond donors (Lipinski definition) is 0. The number of fused-ring (bicyclic) bond motifs is 1. The van der Waals surface area contributed by atoms with E-state index in [0.29, 0.717) is 5.92 Å². The van der Waals surface area contributed by atoms with E-state index in [0.717, 1.165) is 0 Å². The molecule has 0 saturated carbocycles. The molecule has 0 aromatic heterocycles. The number of benzene rings is 1. The Morgan fingerprint density at radius 1 is 1.22 bits per heavy atom. The molecule has 0 bridgehead atoms. The van der Waals surface area contributed by atoms with Gasteiger partial charge in [0.1, 0.15) is 0 Å². The Labute approximate surface area is 121 Å². The van der Waals surface area contributed by atoms with Gasteiger partial charge in [-0.25, -0.2) is 0 Å². The Bertz CT molecular complexity index is 588. The molecular weight excluding hydrogens is 295 g/mol. The van der Waals surface area contributed by atoms with Crippen LogP contribution in [0.3, 0.4) is 0 Å². The minimum atomic E-state index is -0.577. The number of allylic oxidation sites excluding steroid dienone is 6. The summed E-state index contributed by atoms with van der Waals surface area (Å²) >= 11 is -0.577. The summed E-state index contributed by atoms with van der Waals surface area (Å²) in [6, 6.07) is 6.96. The van der Waals surface area contributed by atoms with Gasteiger partial charge in [-0.15, -0.1) is 0 Å². The van der Waals surface area contributed by atoms with Crippen LogP contribution in [0.2, 0.25) is 0 Å². The summed E-state index contributed by atoms with van der Waals surface area (Å²) in [5.41, 5.74) is 6.27. The van der Waals surface area contributed by atoms with Crippen LogP contribution in [0.4, 0.5) is 0 Å². The van der Waals surface area contributed by atoms with Gasteiger partial charge in [0.25, 0.3) is 0 Å². The van der Waals surface area contributed by atoms with Gasteiger partial charge in [0.15, 0.2) is 0 Å². The van der Waals surface area contributed by atoms with Crippen LogP contribution in [0, 0.1) is 0 Å². The van der Waals surface area contributed by atoms with Crippen molar-refractivity contribution >= 4 is 8.84 Å². The van der Waals surface area contributed by atoms with Gasteiger partial charge < -0.3 is 0 Å². The topological polar surface area (TPSA) is 0 Å². The Balaban J connectivity index is 2.03. The molecule has 2 aliphatic rings. The second-order valence-electron chi connectivity index (χ2n) is 5.25. The SMILES string of the molecule is CC1=C(C)C(C)c2ccc[c]([Zr][C]3=CC=CC3)c21. The van der Waals surface area contributed by atoms with Crippen molar-refractivity contribution in [1.29, 1.82) is 0 Å². The van der Waals surface area contributed by atoms with Gasteiger partial charge in [-0.05, 0) is 0 Å². The quantitative estimate of drug-likeness (QED) is 0.769. The first kappa shape index (κ1) is 12.4. The van der Waals surface area contributed by atoms with Crippen LogP contribution in [0.5, 0.6) is 0 Å². The zero-order valence-electron chi connectivity index (χ0n) is 11.2. The van der Waals surface area contributed by atoms with Gasteiger partial charge in [0, 0.05) is 0 Å². The fraction of sp³-hybridized carbons (Fsp3) is 0.294. The van der Waals surface area contributed by atoms with E-state index in [1.807, 2.05) is 0 Å². The van der Waals surface area contributed by atoms with Gasteiger partial charge in [0.05, 0.1) is 0 Å². The van der Waals surface area contributed by atoms with Crippen molar-refractivity contribution in [3.63, 3.8) is 0 Å². The molecule has 1 atom stereocenters. The molecule has 2 aliphatic carbocycles. The van der Waals surface area contributed by atoms with Crippen LogP contribution in [0.1, 0.15) is 44.2 Å². The molecule has 0 spiro atoms. The molecule has 18 heavy (non-hydrogen) atoms. The second-order valence-corrected chi connectivity index (χ2v) is 8.77. The molecule has 0 aliphatic heterocycles. The van der Waals surface area contributed by atoms with Gasteiger partial charge in [-0.3, -0.25) is 0 Å². The Kier molecular flexibility index (Phi) is 3.28. The third-order valence-corrected chi connectivity index (χ3v) is 7.63. The van der Waals surface area contributed by atoms with Crippen molar-refractivity contribution in [2.75, 3.05) is 0 Å². The standard InChI is InChI=1S/C12H13.C5H5.Zr/c1-8-9(2)11-6-4-5-7-12(11)10(8)3;1-2-4-5-3-1;/h4-6,9H,1-3H3;1-3H,4H2;. The van der Waals surface area contributed by atoms with Crippen LogP contribution in [0.25, 0.3) is 5.57 Å². The average Bonchev–Trinajstić information content (AvgIpc) is 2.95. The maximum atomic E-state index is 2.37. The van der Waals surface area contributed by atoms with E-state index in [4.69, 9.17) is 0 Å². The molecular formula is C17H18Zr. The molecule has 0 saturated heterocycles. The molecule has 0 heterocycles. The molecule has 1 aromatic rings. The number of hydrogen-bond acceptors (Lipinski definition) is 0. The van der Waals surface area contributed by atoms with E-state index >= 15 is 0 Å². The summed E-state index contributed by atoms with van der Waals surface area (Å²) in [7, 11) is 0. The van der Waals surface area contributed by atoms with Gasteiger partial charge in [-0.2, -0.15) is 0 Å². The molecule has 0 nitrogen and oxygen atoms in total. The minimum absolute atomic E-state index is 0.577. The average molecular weight is 314 g/mol. The van der Waals surface area contributed by atoms with Crippen LogP contribution in [-0.4, -0.2) is 0 Å². The molecule has 0 radical (unpaired) electrons. The third kappa shape index (κ3) is 1.93. The summed E-state index contributed by atoms with van der Waals surface area (Å²) in [6.07, 6.45) is 8.05. The second kappa shape index (κ2) is 4.78. The first-order chi connectivity index (χ1) is 8.68. The summed E-state index contributed by atoms with van der Waals surface area (Å²) in [5.74, 6) is 0.620. The Morgan fingerprint density at radius 2 is 2.06 bits per heavy atom. The zero-order chi connectivity index (χ0) is 12.7. The monoisotopic (exact) mass is 312 g/mol. The van der Waals surface area contributed by atoms with E-state index in [1.165, 1.54) is 6.42 Å². The first-order valence-electron chi connectivity index (χ1n) is 6.62. The number of rotatable bonds is 2. The van der Waals surface area contributed by atoms with Crippen LogP contribution in [0.15, 0.2) is 45.3 Å². The Hall–Kier alpha value is -0.677. The van der Waals surface area contributed by atoms with E-state index in [-0.39, 0.29) is 0 Å². The van der Waals surface area contributed by atoms with Crippen molar-refractivity contribution < 1.29 is 23.2 Å². The fourth-order valence-electron chi connectivity index (χ4n) is 2.92. The molecule has 0 amide bonds. The van der Waals surface area contributed by atoms with Crippen LogP contribution < -0.4 is 3.27 Å². The van der Waals surface area contributed by atoms with Gasteiger partial charge in [-0.1, -0.05) is 0 Å². The predicted molar refractivity (Wildman–Crippen MR) is 74.6 cm³/mol. The normalized spacial score (nSPS) is 21.3. The molecule has 0 N–H and O–H groups in total. The van der Waals surface area contributed by atoms with E-state index in [2.05, 4.69) is 57.2 Å². The molecule has 3 rings (SSSR count). The van der Waals surface area contributed by atoms with Crippen LogP contribution in [-0.2, 0) is 23.2 Å². The van der Waals surface area contributed by atoms with Crippen LogP contribution >= 0.6 is 0 Å². The summed E-state index contributed by atoms with van der Waals surface area (Å²) in [4.78, 5) is 0. The molecule has 90 valence electrons. The Morgan fingerprint density at radius 3 is 2.78 bits per heavy atom. The molecule has 1 aromatic carbocycles. The van der Waals surface area contributed by atoms with Crippen molar-refractivity contribution in [2.24, 2.45) is 0 Å². The van der Waals surface area contributed by atoms with Gasteiger partial charge >= 0.3 is 122 Å². The van der Waals surface area contributed by atoms with Crippen molar-refractivity contribution in [2.45, 2.75) is 33.1 Å². The summed E-state index contributed by atoms with van der Waals surface area (Å²) in [6.45, 7) is 6.95. The fourth-order valence-corrected chi connectivity index (χ4v) is 6.32. The molecule has 1 heteroatoms. The molecule has 1 unspecified atom stereocenters.